The highest BCUT2D eigenvalue weighted by molar-refractivity contribution is 9.10. The van der Waals surface area contributed by atoms with Gasteiger partial charge >= 0.3 is 0 Å². The van der Waals surface area contributed by atoms with Gasteiger partial charge in [0.15, 0.2) is 0 Å². The molecule has 1 aromatic carbocycles. The predicted molar refractivity (Wildman–Crippen MR) is 85.4 cm³/mol. The average molecular weight is 361 g/mol. The van der Waals surface area contributed by atoms with Crippen molar-refractivity contribution in [3.05, 3.63) is 34.3 Å². The molecular formula is C14H21BrN2O2S. The van der Waals surface area contributed by atoms with Gasteiger partial charge in [0.25, 0.3) is 0 Å². The highest BCUT2D eigenvalue weighted by Gasteiger charge is 2.29. The number of benzene rings is 1. The van der Waals surface area contributed by atoms with Gasteiger partial charge in [-0.1, -0.05) is 35.0 Å². The predicted octanol–water partition coefficient (Wildman–Crippen LogP) is 2.22. The Kier molecular flexibility index (Phi) is 5.60. The minimum absolute atomic E-state index is 0.153. The molecule has 0 atom stereocenters. The fourth-order valence-electron chi connectivity index (χ4n) is 2.48. The summed E-state index contributed by atoms with van der Waals surface area (Å²) in [5, 5.41) is 3.32. The van der Waals surface area contributed by atoms with Crippen LogP contribution in [0.15, 0.2) is 28.7 Å². The third kappa shape index (κ3) is 4.55. The topological polar surface area (TPSA) is 58.2 Å². The Labute approximate surface area is 129 Å². The lowest BCUT2D eigenvalue weighted by Gasteiger charge is -2.36. The summed E-state index contributed by atoms with van der Waals surface area (Å²) in [5.74, 6) is 0.756. The van der Waals surface area contributed by atoms with Crippen molar-refractivity contribution in [1.82, 2.24) is 10.0 Å². The van der Waals surface area contributed by atoms with Crippen molar-refractivity contribution >= 4 is 26.0 Å². The largest absolute Gasteiger partial charge is 0.313 e. The van der Waals surface area contributed by atoms with E-state index in [1.165, 1.54) is 5.56 Å². The summed E-state index contributed by atoms with van der Waals surface area (Å²) in [7, 11) is -3.10. The number of nitrogens with one attached hydrogen (secondary N) is 2. The van der Waals surface area contributed by atoms with E-state index in [1.807, 2.05) is 0 Å². The second-order valence-corrected chi connectivity index (χ2v) is 8.03. The van der Waals surface area contributed by atoms with Crippen molar-refractivity contribution in [2.24, 2.45) is 0 Å². The lowest BCUT2D eigenvalue weighted by Crippen LogP contribution is -2.43. The van der Waals surface area contributed by atoms with Crippen LogP contribution < -0.4 is 10.0 Å². The minimum atomic E-state index is -3.10. The summed E-state index contributed by atoms with van der Waals surface area (Å²) >= 11 is 3.44. The molecular weight excluding hydrogens is 340 g/mol. The highest BCUT2D eigenvalue weighted by Crippen LogP contribution is 2.37. The first-order valence-electron chi connectivity index (χ1n) is 6.96. The molecule has 1 aromatic rings. The van der Waals surface area contributed by atoms with E-state index in [4.69, 9.17) is 0 Å². The fourth-order valence-corrected chi connectivity index (χ4v) is 3.72. The summed E-state index contributed by atoms with van der Waals surface area (Å²) in [6, 6.07) is 8.89. The van der Waals surface area contributed by atoms with Crippen LogP contribution in [0.4, 0.5) is 0 Å². The van der Waals surface area contributed by atoms with E-state index in [1.54, 1.807) is 6.92 Å². The van der Waals surface area contributed by atoms with Crippen LogP contribution in [0.25, 0.3) is 0 Å². The standard InChI is InChI=1S/C14H21BrN2O2S/c1-2-17-20(18,19)8-7-16-14-9-12(10-14)11-3-5-13(15)6-4-11/h3-6,12,14,16-17H,2,7-10H2,1H3. The molecule has 0 radical (unpaired) electrons. The monoisotopic (exact) mass is 360 g/mol. The van der Waals surface area contributed by atoms with E-state index < -0.39 is 10.0 Å². The Hall–Kier alpha value is -0.430. The van der Waals surface area contributed by atoms with Crippen molar-refractivity contribution in [1.29, 1.82) is 0 Å². The molecule has 4 nitrogen and oxygen atoms in total. The lowest BCUT2D eigenvalue weighted by molar-refractivity contribution is 0.296. The molecule has 6 heteroatoms. The number of sulfonamides is 1. The minimum Gasteiger partial charge on any atom is -0.313 e. The van der Waals surface area contributed by atoms with Crippen LogP contribution >= 0.6 is 15.9 Å². The molecule has 1 saturated carbocycles. The molecule has 0 aromatic heterocycles. The van der Waals surface area contributed by atoms with Crippen molar-refractivity contribution in [3.63, 3.8) is 0 Å². The maximum Gasteiger partial charge on any atom is 0.212 e. The molecule has 112 valence electrons. The molecule has 20 heavy (non-hydrogen) atoms. The van der Waals surface area contributed by atoms with Crippen molar-refractivity contribution in [2.45, 2.75) is 31.7 Å². The first-order valence-corrected chi connectivity index (χ1v) is 9.41. The molecule has 1 fully saturated rings. The zero-order valence-corrected chi connectivity index (χ0v) is 14.0. The Balaban J connectivity index is 1.68. The quantitative estimate of drug-likeness (QED) is 0.783. The van der Waals surface area contributed by atoms with Crippen LogP contribution in [0.5, 0.6) is 0 Å². The maximum absolute atomic E-state index is 11.5. The van der Waals surface area contributed by atoms with Gasteiger partial charge in [-0.3, -0.25) is 0 Å². The third-order valence-corrected chi connectivity index (χ3v) is 5.65. The highest BCUT2D eigenvalue weighted by atomic mass is 79.9. The number of rotatable bonds is 7. The van der Waals surface area contributed by atoms with Gasteiger partial charge < -0.3 is 5.32 Å². The molecule has 2 N–H and O–H groups in total. The maximum atomic E-state index is 11.5. The SMILES string of the molecule is CCNS(=O)(=O)CCNC1CC(c2ccc(Br)cc2)C1. The van der Waals surface area contributed by atoms with Gasteiger partial charge in [-0.15, -0.1) is 0 Å². The Bertz CT molecular complexity index is 525. The molecule has 1 aliphatic carbocycles. The molecule has 2 rings (SSSR count). The van der Waals surface area contributed by atoms with Crippen LogP contribution in [0.2, 0.25) is 0 Å². The zero-order chi connectivity index (χ0) is 14.6. The molecule has 0 heterocycles. The number of hydrogen-bond acceptors (Lipinski definition) is 3. The molecule has 0 saturated heterocycles. The summed E-state index contributed by atoms with van der Waals surface area (Å²) in [6.45, 7) is 2.77. The van der Waals surface area contributed by atoms with E-state index in [2.05, 4.69) is 50.2 Å². The summed E-state index contributed by atoms with van der Waals surface area (Å²) < 4.78 is 26.6. The first-order chi connectivity index (χ1) is 9.50. The van der Waals surface area contributed by atoms with Crippen molar-refractivity contribution in [3.8, 4) is 0 Å². The average Bonchev–Trinajstić information content (AvgIpc) is 2.33. The van der Waals surface area contributed by atoms with Gasteiger partial charge in [0.2, 0.25) is 10.0 Å². The second kappa shape index (κ2) is 7.02. The van der Waals surface area contributed by atoms with E-state index in [-0.39, 0.29) is 5.75 Å². The summed E-state index contributed by atoms with van der Waals surface area (Å²) in [4.78, 5) is 0. The van der Waals surface area contributed by atoms with Gasteiger partial charge in [-0.05, 0) is 36.5 Å². The second-order valence-electron chi connectivity index (χ2n) is 5.19. The molecule has 0 unspecified atom stereocenters. The summed E-state index contributed by atoms with van der Waals surface area (Å²) in [6.07, 6.45) is 2.17. The Morgan fingerprint density at radius 3 is 2.50 bits per heavy atom. The van der Waals surface area contributed by atoms with Gasteiger partial charge in [0, 0.05) is 23.6 Å². The van der Waals surface area contributed by atoms with E-state index in [9.17, 15) is 8.42 Å². The first kappa shape index (κ1) is 15.9. The van der Waals surface area contributed by atoms with E-state index in [0.29, 0.717) is 25.0 Å². The van der Waals surface area contributed by atoms with Gasteiger partial charge in [0.1, 0.15) is 0 Å². The smallest absolute Gasteiger partial charge is 0.212 e. The number of halogens is 1. The van der Waals surface area contributed by atoms with Crippen molar-refractivity contribution < 1.29 is 8.42 Å². The van der Waals surface area contributed by atoms with Gasteiger partial charge in [0.05, 0.1) is 5.75 Å². The molecule has 0 spiro atoms. The van der Waals surface area contributed by atoms with Gasteiger partial charge in [-0.2, -0.15) is 0 Å². The fraction of sp³-hybridized carbons (Fsp3) is 0.571. The zero-order valence-electron chi connectivity index (χ0n) is 11.6. The molecule has 0 aliphatic heterocycles. The van der Waals surface area contributed by atoms with Crippen LogP contribution in [0, 0.1) is 0 Å². The van der Waals surface area contributed by atoms with Crippen LogP contribution in [-0.2, 0) is 10.0 Å². The van der Waals surface area contributed by atoms with Crippen LogP contribution in [0.1, 0.15) is 31.2 Å². The summed E-state index contributed by atoms with van der Waals surface area (Å²) in [5.41, 5.74) is 1.37. The molecule has 0 amide bonds. The third-order valence-electron chi connectivity index (χ3n) is 3.65. The van der Waals surface area contributed by atoms with Crippen LogP contribution in [-0.4, -0.2) is 33.3 Å². The van der Waals surface area contributed by atoms with Crippen LogP contribution in [0.3, 0.4) is 0 Å². The normalized spacial score (nSPS) is 22.5. The lowest BCUT2D eigenvalue weighted by atomic mass is 9.76. The van der Waals surface area contributed by atoms with E-state index in [0.717, 1.165) is 17.3 Å². The van der Waals surface area contributed by atoms with E-state index >= 15 is 0 Å². The molecule has 0 bridgehead atoms. The number of hydrogen-bond donors (Lipinski definition) is 2. The molecule has 1 aliphatic rings. The Morgan fingerprint density at radius 2 is 1.90 bits per heavy atom. The van der Waals surface area contributed by atoms with Gasteiger partial charge in [-0.25, -0.2) is 13.1 Å². The van der Waals surface area contributed by atoms with Crippen molar-refractivity contribution in [2.75, 3.05) is 18.8 Å². The Morgan fingerprint density at radius 1 is 1.25 bits per heavy atom.